The maximum absolute atomic E-state index is 11.6. The molecule has 3 aromatic rings. The highest BCUT2D eigenvalue weighted by Crippen LogP contribution is 2.44. The van der Waals surface area contributed by atoms with E-state index in [1.807, 2.05) is 30.3 Å². The molecule has 0 amide bonds. The average molecular weight is 366 g/mol. The molecule has 3 rings (SSSR count). The third-order valence-electron chi connectivity index (χ3n) is 4.40. The number of rotatable bonds is 7. The number of fused-ring (bicyclic) bond motifs is 1. The molecule has 0 spiro atoms. The first-order chi connectivity index (χ1) is 13.1. The molecule has 3 aromatic carbocycles. The number of hydrogen-bond acceptors (Lipinski definition) is 5. The van der Waals surface area contributed by atoms with Gasteiger partial charge in [-0.3, -0.25) is 0 Å². The highest BCUT2D eigenvalue weighted by molar-refractivity contribution is 6.09. The summed E-state index contributed by atoms with van der Waals surface area (Å²) in [5, 5.41) is 17.6. The molecule has 0 heterocycles. The Labute approximate surface area is 157 Å². The lowest BCUT2D eigenvalue weighted by molar-refractivity contribution is 0.0697. The second-order valence-electron chi connectivity index (χ2n) is 6.00. The smallest absolute Gasteiger partial charge is 0.335 e. The van der Waals surface area contributed by atoms with Crippen LogP contribution in [0.2, 0.25) is 0 Å². The summed E-state index contributed by atoms with van der Waals surface area (Å²) in [7, 11) is 4.93. The van der Waals surface area contributed by atoms with Crippen molar-refractivity contribution in [2.45, 2.75) is 6.54 Å². The van der Waals surface area contributed by atoms with Crippen molar-refractivity contribution in [2.75, 3.05) is 31.9 Å². The molecule has 0 saturated heterocycles. The molecule has 0 atom stereocenters. The van der Waals surface area contributed by atoms with Crippen LogP contribution in [-0.2, 0) is 6.54 Å². The van der Waals surface area contributed by atoms with Crippen LogP contribution < -0.4 is 20.1 Å². The highest BCUT2D eigenvalue weighted by atomic mass is 16.5. The van der Waals surface area contributed by atoms with Gasteiger partial charge in [0.05, 0.1) is 25.5 Å². The fourth-order valence-electron chi connectivity index (χ4n) is 3.15. The van der Waals surface area contributed by atoms with Gasteiger partial charge in [-0.1, -0.05) is 30.3 Å². The maximum Gasteiger partial charge on any atom is 0.335 e. The Balaban J connectivity index is 2.20. The molecule has 0 fully saturated rings. The molecule has 3 N–H and O–H groups in total. The lowest BCUT2D eigenvalue weighted by Gasteiger charge is -2.19. The van der Waals surface area contributed by atoms with Crippen molar-refractivity contribution in [1.82, 2.24) is 0 Å². The molecule has 27 heavy (non-hydrogen) atoms. The summed E-state index contributed by atoms with van der Waals surface area (Å²) in [5.74, 6) is 0.115. The summed E-state index contributed by atoms with van der Waals surface area (Å²) in [4.78, 5) is 11.6. The number of ether oxygens (including phenoxy) is 2. The molecule has 0 aromatic heterocycles. The third kappa shape index (κ3) is 3.60. The van der Waals surface area contributed by atoms with E-state index in [9.17, 15) is 9.90 Å². The van der Waals surface area contributed by atoms with Crippen LogP contribution in [-0.4, -0.2) is 32.3 Å². The van der Waals surface area contributed by atoms with Gasteiger partial charge in [0.1, 0.15) is 0 Å². The number of hydrogen-bond donors (Lipinski definition) is 3. The quantitative estimate of drug-likeness (QED) is 0.581. The molecule has 0 saturated carbocycles. The summed E-state index contributed by atoms with van der Waals surface area (Å²) in [6.45, 7) is 0.566. The number of benzene rings is 3. The summed E-state index contributed by atoms with van der Waals surface area (Å²) in [6, 6.07) is 15.0. The van der Waals surface area contributed by atoms with Crippen LogP contribution in [0.3, 0.4) is 0 Å². The minimum atomic E-state index is -0.986. The number of methoxy groups -OCH3 is 2. The number of anilines is 2. The Morgan fingerprint density at radius 3 is 2.41 bits per heavy atom. The summed E-state index contributed by atoms with van der Waals surface area (Å²) in [5.41, 5.74) is 2.74. The van der Waals surface area contributed by atoms with Crippen LogP contribution in [0.1, 0.15) is 15.9 Å². The Morgan fingerprint density at radius 1 is 1.07 bits per heavy atom. The van der Waals surface area contributed by atoms with Crippen LogP contribution in [0.5, 0.6) is 11.5 Å². The van der Waals surface area contributed by atoms with Crippen LogP contribution in [0, 0.1) is 0 Å². The van der Waals surface area contributed by atoms with E-state index in [-0.39, 0.29) is 5.56 Å². The predicted molar refractivity (Wildman–Crippen MR) is 107 cm³/mol. The van der Waals surface area contributed by atoms with Crippen LogP contribution in [0.25, 0.3) is 10.8 Å². The van der Waals surface area contributed by atoms with E-state index >= 15 is 0 Å². The van der Waals surface area contributed by atoms with Gasteiger partial charge in [0.2, 0.25) is 0 Å². The normalized spacial score (nSPS) is 10.5. The first-order valence-electron chi connectivity index (χ1n) is 8.50. The monoisotopic (exact) mass is 366 g/mol. The van der Waals surface area contributed by atoms with Gasteiger partial charge in [0, 0.05) is 24.7 Å². The highest BCUT2D eigenvalue weighted by Gasteiger charge is 2.19. The molecule has 6 heteroatoms. The molecule has 0 unspecified atom stereocenters. The minimum Gasteiger partial charge on any atom is -0.493 e. The Morgan fingerprint density at radius 2 is 1.81 bits per heavy atom. The molecule has 0 bridgehead atoms. The van der Waals surface area contributed by atoms with Crippen LogP contribution in [0.4, 0.5) is 11.4 Å². The summed E-state index contributed by atoms with van der Waals surface area (Å²) in [6.07, 6.45) is 0. The first kappa shape index (κ1) is 18.4. The van der Waals surface area contributed by atoms with Gasteiger partial charge in [-0.25, -0.2) is 4.79 Å². The Hall–Kier alpha value is -3.41. The van der Waals surface area contributed by atoms with Gasteiger partial charge >= 0.3 is 5.97 Å². The first-order valence-corrected chi connectivity index (χ1v) is 8.50. The van der Waals surface area contributed by atoms with Gasteiger partial charge in [-0.2, -0.15) is 0 Å². The average Bonchev–Trinajstić information content (AvgIpc) is 2.70. The van der Waals surface area contributed by atoms with E-state index in [1.54, 1.807) is 39.5 Å². The van der Waals surface area contributed by atoms with E-state index in [0.717, 1.165) is 22.0 Å². The van der Waals surface area contributed by atoms with Gasteiger partial charge < -0.3 is 25.2 Å². The van der Waals surface area contributed by atoms with Gasteiger partial charge in [-0.05, 0) is 29.1 Å². The second-order valence-corrected chi connectivity index (χ2v) is 6.00. The SMILES string of the molecule is CNc1c(OC)c(OC)cc2cc(C(=O)O)cc(NCc3ccccc3)c12. The fourth-order valence-corrected chi connectivity index (χ4v) is 3.15. The molecule has 0 radical (unpaired) electrons. The lowest BCUT2D eigenvalue weighted by Crippen LogP contribution is -2.06. The molecule has 0 aliphatic rings. The Bertz CT molecular complexity index is 971. The molecule has 0 aliphatic carbocycles. The number of aromatic carboxylic acids is 1. The second kappa shape index (κ2) is 7.86. The number of carboxylic acids is 1. The fraction of sp³-hybridized carbons (Fsp3) is 0.190. The van der Waals surface area contributed by atoms with E-state index in [4.69, 9.17) is 9.47 Å². The van der Waals surface area contributed by atoms with Crippen LogP contribution in [0.15, 0.2) is 48.5 Å². The van der Waals surface area contributed by atoms with Crippen molar-refractivity contribution < 1.29 is 19.4 Å². The molecular weight excluding hydrogens is 344 g/mol. The van der Waals surface area contributed by atoms with Crippen molar-refractivity contribution in [1.29, 1.82) is 0 Å². The molecule has 140 valence electrons. The van der Waals surface area contributed by atoms with E-state index in [0.29, 0.717) is 23.7 Å². The zero-order chi connectivity index (χ0) is 19.4. The van der Waals surface area contributed by atoms with E-state index < -0.39 is 5.97 Å². The number of carboxylic acid groups (broad SMARTS) is 1. The summed E-state index contributed by atoms with van der Waals surface area (Å²) < 4.78 is 11.0. The van der Waals surface area contributed by atoms with Crippen molar-refractivity contribution in [3.8, 4) is 11.5 Å². The lowest BCUT2D eigenvalue weighted by atomic mass is 10.0. The maximum atomic E-state index is 11.6. The number of carbonyl (C=O) groups is 1. The predicted octanol–water partition coefficient (Wildman–Crippen LogP) is 4.21. The van der Waals surface area contributed by atoms with E-state index in [2.05, 4.69) is 10.6 Å². The van der Waals surface area contributed by atoms with Crippen molar-refractivity contribution >= 4 is 28.1 Å². The van der Waals surface area contributed by atoms with E-state index in [1.165, 1.54) is 0 Å². The van der Waals surface area contributed by atoms with Crippen molar-refractivity contribution in [3.63, 3.8) is 0 Å². The standard InChI is InChI=1S/C21H22N2O4/c1-22-19-18-14(11-17(26-2)20(19)27-3)9-15(21(24)25)10-16(18)23-12-13-7-5-4-6-8-13/h4-11,22-23H,12H2,1-3H3,(H,24,25). The molecule has 0 aliphatic heterocycles. The number of nitrogens with one attached hydrogen (secondary N) is 2. The van der Waals surface area contributed by atoms with Crippen molar-refractivity contribution in [2.24, 2.45) is 0 Å². The van der Waals surface area contributed by atoms with Crippen molar-refractivity contribution in [3.05, 3.63) is 59.7 Å². The largest absolute Gasteiger partial charge is 0.493 e. The summed E-state index contributed by atoms with van der Waals surface area (Å²) >= 11 is 0. The van der Waals surface area contributed by atoms with Gasteiger partial charge in [-0.15, -0.1) is 0 Å². The zero-order valence-electron chi connectivity index (χ0n) is 15.5. The van der Waals surface area contributed by atoms with Gasteiger partial charge in [0.15, 0.2) is 11.5 Å². The zero-order valence-corrected chi connectivity index (χ0v) is 15.5. The topological polar surface area (TPSA) is 79.8 Å². The Kier molecular flexibility index (Phi) is 5.35. The molecule has 6 nitrogen and oxygen atoms in total. The van der Waals surface area contributed by atoms with Crippen LogP contribution >= 0.6 is 0 Å². The minimum absolute atomic E-state index is 0.201. The van der Waals surface area contributed by atoms with Gasteiger partial charge in [0.25, 0.3) is 0 Å². The molecular formula is C21H22N2O4. The third-order valence-corrected chi connectivity index (χ3v) is 4.40.